The van der Waals surface area contributed by atoms with Crippen LogP contribution in [0, 0.1) is 23.2 Å². The lowest BCUT2D eigenvalue weighted by Crippen LogP contribution is -1.97. The van der Waals surface area contributed by atoms with Crippen LogP contribution < -0.4 is 0 Å². The molecule has 0 aliphatic heterocycles. The topological polar surface area (TPSA) is 61.1 Å². The first-order valence-electron chi connectivity index (χ1n) is 4.89. The van der Waals surface area contributed by atoms with Crippen molar-refractivity contribution in [1.82, 2.24) is 0 Å². The maximum atomic E-state index is 10.4. The molecular formula is C13H11NO2. The van der Waals surface area contributed by atoms with Crippen LogP contribution in [0.1, 0.15) is 24.0 Å². The number of benzene rings is 1. The molecule has 0 atom stereocenters. The molecule has 1 aromatic carbocycles. The van der Waals surface area contributed by atoms with Crippen LogP contribution in [0.4, 0.5) is 0 Å². The first-order chi connectivity index (χ1) is 7.72. The summed E-state index contributed by atoms with van der Waals surface area (Å²) in [6.07, 6.45) is 0.890. The third kappa shape index (κ3) is 4.30. The van der Waals surface area contributed by atoms with Crippen LogP contribution in [-0.4, -0.2) is 11.1 Å². The summed E-state index contributed by atoms with van der Waals surface area (Å²) in [7, 11) is 0. The van der Waals surface area contributed by atoms with Crippen LogP contribution in [-0.2, 0) is 11.2 Å². The largest absolute Gasteiger partial charge is 0.481 e. The molecule has 1 aromatic rings. The lowest BCUT2D eigenvalue weighted by atomic mass is 10.1. The molecule has 3 heteroatoms. The van der Waals surface area contributed by atoms with E-state index in [0.717, 1.165) is 11.1 Å². The number of hydrogen-bond donors (Lipinski definition) is 1. The minimum atomic E-state index is -0.794. The fourth-order valence-corrected chi connectivity index (χ4v) is 1.19. The summed E-state index contributed by atoms with van der Waals surface area (Å²) >= 11 is 0. The molecule has 1 rings (SSSR count). The minimum absolute atomic E-state index is 0.138. The lowest BCUT2D eigenvalue weighted by Gasteiger charge is -1.98. The normalized spacial score (nSPS) is 8.69. The van der Waals surface area contributed by atoms with Crippen LogP contribution in [0.25, 0.3) is 0 Å². The van der Waals surface area contributed by atoms with Crippen LogP contribution in [0.15, 0.2) is 24.3 Å². The number of carboxylic acid groups (broad SMARTS) is 1. The van der Waals surface area contributed by atoms with E-state index in [9.17, 15) is 4.79 Å². The molecule has 0 amide bonds. The van der Waals surface area contributed by atoms with E-state index in [1.807, 2.05) is 30.3 Å². The Morgan fingerprint density at radius 2 is 2.00 bits per heavy atom. The van der Waals surface area contributed by atoms with Crippen molar-refractivity contribution in [2.45, 2.75) is 19.3 Å². The average Bonchev–Trinajstić information content (AvgIpc) is 2.28. The molecule has 0 heterocycles. The van der Waals surface area contributed by atoms with E-state index in [1.165, 1.54) is 0 Å². The molecular weight excluding hydrogens is 202 g/mol. The smallest absolute Gasteiger partial charge is 0.303 e. The van der Waals surface area contributed by atoms with Crippen molar-refractivity contribution < 1.29 is 9.90 Å². The van der Waals surface area contributed by atoms with Gasteiger partial charge in [-0.05, 0) is 24.1 Å². The van der Waals surface area contributed by atoms with Crippen molar-refractivity contribution in [1.29, 1.82) is 5.26 Å². The van der Waals surface area contributed by atoms with E-state index in [0.29, 0.717) is 6.42 Å². The van der Waals surface area contributed by atoms with Crippen molar-refractivity contribution in [2.75, 3.05) is 0 Å². The Morgan fingerprint density at radius 3 is 2.56 bits per heavy atom. The van der Waals surface area contributed by atoms with Gasteiger partial charge in [0.25, 0.3) is 0 Å². The highest BCUT2D eigenvalue weighted by atomic mass is 16.4. The SMILES string of the molecule is N#CCC#Cc1ccc(CCC(=O)O)cc1. The second-order valence-corrected chi connectivity index (χ2v) is 3.23. The molecule has 0 bridgehead atoms. The third-order valence-corrected chi connectivity index (χ3v) is 1.98. The monoisotopic (exact) mass is 213 g/mol. The highest BCUT2D eigenvalue weighted by Crippen LogP contribution is 2.05. The molecule has 0 unspecified atom stereocenters. The van der Waals surface area contributed by atoms with Gasteiger partial charge in [-0.25, -0.2) is 0 Å². The van der Waals surface area contributed by atoms with Gasteiger partial charge in [0, 0.05) is 12.0 Å². The average molecular weight is 213 g/mol. The predicted molar refractivity (Wildman–Crippen MR) is 59.5 cm³/mol. The Morgan fingerprint density at radius 1 is 1.31 bits per heavy atom. The summed E-state index contributed by atoms with van der Waals surface area (Å²) in [4.78, 5) is 10.4. The quantitative estimate of drug-likeness (QED) is 0.781. The van der Waals surface area contributed by atoms with Crippen molar-refractivity contribution in [2.24, 2.45) is 0 Å². The van der Waals surface area contributed by atoms with E-state index in [-0.39, 0.29) is 12.8 Å². The van der Waals surface area contributed by atoms with E-state index in [2.05, 4.69) is 11.8 Å². The van der Waals surface area contributed by atoms with Gasteiger partial charge in [-0.1, -0.05) is 24.0 Å². The zero-order chi connectivity index (χ0) is 11.8. The summed E-state index contributed by atoms with van der Waals surface area (Å²) in [5.74, 6) is 4.77. The summed E-state index contributed by atoms with van der Waals surface area (Å²) in [5, 5.41) is 16.8. The highest BCUT2D eigenvalue weighted by molar-refractivity contribution is 5.67. The summed E-state index contributed by atoms with van der Waals surface area (Å²) in [6, 6.07) is 9.33. The number of aryl methyl sites for hydroxylation is 1. The molecule has 0 saturated heterocycles. The minimum Gasteiger partial charge on any atom is -0.481 e. The lowest BCUT2D eigenvalue weighted by molar-refractivity contribution is -0.136. The van der Waals surface area contributed by atoms with Crippen molar-refractivity contribution >= 4 is 5.97 Å². The second-order valence-electron chi connectivity index (χ2n) is 3.23. The molecule has 16 heavy (non-hydrogen) atoms. The molecule has 0 aliphatic carbocycles. The fourth-order valence-electron chi connectivity index (χ4n) is 1.19. The summed E-state index contributed by atoms with van der Waals surface area (Å²) < 4.78 is 0. The van der Waals surface area contributed by atoms with Gasteiger partial charge in [0.05, 0.1) is 12.5 Å². The van der Waals surface area contributed by atoms with Gasteiger partial charge in [0.2, 0.25) is 0 Å². The number of hydrogen-bond acceptors (Lipinski definition) is 2. The Balaban J connectivity index is 2.59. The van der Waals surface area contributed by atoms with Crippen LogP contribution in [0.5, 0.6) is 0 Å². The van der Waals surface area contributed by atoms with Gasteiger partial charge in [0.15, 0.2) is 0 Å². The van der Waals surface area contributed by atoms with E-state index in [1.54, 1.807) is 0 Å². The first-order valence-corrected chi connectivity index (χ1v) is 4.89. The van der Waals surface area contributed by atoms with E-state index < -0.39 is 5.97 Å². The number of carboxylic acids is 1. The number of rotatable bonds is 3. The van der Waals surface area contributed by atoms with Crippen LogP contribution in [0.3, 0.4) is 0 Å². The standard InChI is InChI=1S/C13H11NO2/c14-10-2-1-3-11-4-6-12(7-5-11)8-9-13(15)16/h4-7H,2,8-9H2,(H,15,16). The first kappa shape index (κ1) is 11.8. The zero-order valence-corrected chi connectivity index (χ0v) is 8.73. The molecule has 1 N–H and O–H groups in total. The fraction of sp³-hybridized carbons (Fsp3) is 0.231. The van der Waals surface area contributed by atoms with Crippen LogP contribution in [0.2, 0.25) is 0 Å². The molecule has 0 fully saturated rings. The van der Waals surface area contributed by atoms with Crippen molar-refractivity contribution in [3.8, 4) is 17.9 Å². The number of carbonyl (C=O) groups is 1. The highest BCUT2D eigenvalue weighted by Gasteiger charge is 1.98. The van der Waals surface area contributed by atoms with Gasteiger partial charge >= 0.3 is 5.97 Å². The second kappa shape index (κ2) is 6.27. The Hall–Kier alpha value is -2.26. The Labute approximate surface area is 94.3 Å². The Bertz CT molecular complexity index is 457. The molecule has 0 spiro atoms. The van der Waals surface area contributed by atoms with Gasteiger partial charge in [0.1, 0.15) is 0 Å². The molecule has 0 aliphatic rings. The van der Waals surface area contributed by atoms with E-state index >= 15 is 0 Å². The van der Waals surface area contributed by atoms with Crippen LogP contribution >= 0.6 is 0 Å². The molecule has 80 valence electrons. The van der Waals surface area contributed by atoms with Gasteiger partial charge in [-0.2, -0.15) is 5.26 Å². The third-order valence-electron chi connectivity index (χ3n) is 1.98. The maximum Gasteiger partial charge on any atom is 0.303 e. The Kier molecular flexibility index (Phi) is 4.63. The number of aliphatic carboxylic acids is 1. The van der Waals surface area contributed by atoms with Gasteiger partial charge in [-0.3, -0.25) is 4.79 Å². The van der Waals surface area contributed by atoms with Crippen molar-refractivity contribution in [3.05, 3.63) is 35.4 Å². The zero-order valence-electron chi connectivity index (χ0n) is 8.73. The van der Waals surface area contributed by atoms with Crippen molar-refractivity contribution in [3.63, 3.8) is 0 Å². The van der Waals surface area contributed by atoms with E-state index in [4.69, 9.17) is 10.4 Å². The molecule has 0 saturated carbocycles. The molecule has 0 aromatic heterocycles. The van der Waals surface area contributed by atoms with Gasteiger partial charge in [-0.15, -0.1) is 0 Å². The summed E-state index contributed by atoms with van der Waals surface area (Å²) in [5.41, 5.74) is 1.82. The number of nitriles is 1. The predicted octanol–water partition coefficient (Wildman–Crippen LogP) is 1.97. The molecule has 0 radical (unpaired) electrons. The van der Waals surface area contributed by atoms with Gasteiger partial charge < -0.3 is 5.11 Å². The summed E-state index contributed by atoms with van der Waals surface area (Å²) in [6.45, 7) is 0. The number of nitrogens with zero attached hydrogens (tertiary/aromatic N) is 1. The molecule has 3 nitrogen and oxygen atoms in total. The maximum absolute atomic E-state index is 10.4.